The summed E-state index contributed by atoms with van der Waals surface area (Å²) < 4.78 is 5.09. The fourth-order valence-corrected chi connectivity index (χ4v) is 2.48. The Hall–Kier alpha value is -3.15. The van der Waals surface area contributed by atoms with E-state index in [0.717, 1.165) is 11.1 Å². The second-order valence-corrected chi connectivity index (χ2v) is 7.84. The van der Waals surface area contributed by atoms with E-state index in [0.29, 0.717) is 12.8 Å². The van der Waals surface area contributed by atoms with E-state index in [1.807, 2.05) is 81.4 Å². The van der Waals surface area contributed by atoms with Crippen LogP contribution in [0.5, 0.6) is 0 Å². The molecular weight excluding hydrogens is 380 g/mol. The van der Waals surface area contributed by atoms with Crippen molar-refractivity contribution in [1.29, 1.82) is 0 Å². The molecule has 0 aliphatic heterocycles. The second kappa shape index (κ2) is 13.1. The smallest absolute Gasteiger partial charge is 0.325 e. The fourth-order valence-electron chi connectivity index (χ4n) is 2.48. The second-order valence-electron chi connectivity index (χ2n) is 7.84. The molecule has 2 amide bonds. The van der Waals surface area contributed by atoms with E-state index in [1.165, 1.54) is 6.92 Å². The maximum Gasteiger partial charge on any atom is 0.325 e. The van der Waals surface area contributed by atoms with Crippen LogP contribution in [0.25, 0.3) is 0 Å². The van der Waals surface area contributed by atoms with E-state index in [4.69, 9.17) is 4.74 Å². The molecule has 0 unspecified atom stereocenters. The van der Waals surface area contributed by atoms with Gasteiger partial charge in [-0.3, -0.25) is 14.4 Å². The average Bonchev–Trinajstić information content (AvgIpc) is 2.69. The number of nitrogens with one attached hydrogen (secondary N) is 2. The summed E-state index contributed by atoms with van der Waals surface area (Å²) in [6.07, 6.45) is 1.02. The van der Waals surface area contributed by atoms with E-state index in [2.05, 4.69) is 10.6 Å². The highest BCUT2D eigenvalue weighted by molar-refractivity contribution is 5.82. The lowest BCUT2D eigenvalue weighted by Crippen LogP contribution is -2.38. The summed E-state index contributed by atoms with van der Waals surface area (Å²) in [5.41, 5.74) is 1.95. The van der Waals surface area contributed by atoms with Crippen molar-refractivity contribution in [1.82, 2.24) is 10.6 Å². The molecule has 30 heavy (non-hydrogen) atoms. The molecule has 0 spiro atoms. The maximum absolute atomic E-state index is 11.7. The van der Waals surface area contributed by atoms with E-state index < -0.39 is 5.97 Å². The standard InChI is InChI=1S/C18H19NO3.C6H13NO/c20-17(12-11-15-7-3-1-4-8-15)19-13-18(21)22-14-16-9-5-2-6-10-16;1-5(8)7-6(2,3)4/h1-10H,11-14H2,(H,19,20);1-4H3,(H,7,8). The summed E-state index contributed by atoms with van der Waals surface area (Å²) >= 11 is 0. The molecule has 0 saturated heterocycles. The molecule has 2 aromatic rings. The third kappa shape index (κ3) is 13.1. The van der Waals surface area contributed by atoms with Gasteiger partial charge < -0.3 is 15.4 Å². The molecule has 2 N–H and O–H groups in total. The molecule has 2 rings (SSSR count). The lowest BCUT2D eigenvalue weighted by Gasteiger charge is -2.18. The Bertz CT molecular complexity index is 728. The minimum Gasteiger partial charge on any atom is -0.460 e. The maximum atomic E-state index is 11.7. The minimum atomic E-state index is -0.433. The first kappa shape index (κ1) is 24.9. The molecule has 0 heterocycles. The van der Waals surface area contributed by atoms with Crippen LogP contribution in [-0.2, 0) is 32.1 Å². The Kier molecular flexibility index (Phi) is 10.9. The molecule has 2 aromatic carbocycles. The SMILES string of the molecule is CC(=O)NC(C)(C)C.O=C(CCc1ccccc1)NCC(=O)OCc1ccccc1. The Morgan fingerprint density at radius 1 is 0.867 bits per heavy atom. The number of ether oxygens (including phenoxy) is 1. The third-order valence-corrected chi connectivity index (χ3v) is 3.71. The Morgan fingerprint density at radius 3 is 1.87 bits per heavy atom. The molecule has 0 bridgehead atoms. The molecule has 162 valence electrons. The van der Waals surface area contributed by atoms with Crippen molar-refractivity contribution >= 4 is 17.8 Å². The first-order valence-electron chi connectivity index (χ1n) is 9.94. The number of aryl methyl sites for hydroxylation is 1. The topological polar surface area (TPSA) is 84.5 Å². The van der Waals surface area contributed by atoms with Crippen LogP contribution >= 0.6 is 0 Å². The van der Waals surface area contributed by atoms with Gasteiger partial charge in [-0.25, -0.2) is 0 Å². The van der Waals surface area contributed by atoms with Gasteiger partial charge in [0.25, 0.3) is 0 Å². The summed E-state index contributed by atoms with van der Waals surface area (Å²) in [5, 5.41) is 5.32. The van der Waals surface area contributed by atoms with Gasteiger partial charge in [-0.1, -0.05) is 60.7 Å². The van der Waals surface area contributed by atoms with Crippen LogP contribution < -0.4 is 10.6 Å². The Balaban J connectivity index is 0.000000479. The van der Waals surface area contributed by atoms with Gasteiger partial charge in [0, 0.05) is 18.9 Å². The van der Waals surface area contributed by atoms with E-state index in [1.54, 1.807) is 0 Å². The molecule has 6 nitrogen and oxygen atoms in total. The fraction of sp³-hybridized carbons (Fsp3) is 0.375. The predicted octanol–water partition coefficient (Wildman–Crippen LogP) is 3.40. The van der Waals surface area contributed by atoms with Gasteiger partial charge in [-0.2, -0.15) is 0 Å². The number of carbonyl (C=O) groups excluding carboxylic acids is 3. The third-order valence-electron chi connectivity index (χ3n) is 3.71. The number of hydrogen-bond acceptors (Lipinski definition) is 4. The predicted molar refractivity (Wildman–Crippen MR) is 118 cm³/mol. The van der Waals surface area contributed by atoms with Gasteiger partial charge in [-0.05, 0) is 38.3 Å². The molecule has 0 radical (unpaired) electrons. The van der Waals surface area contributed by atoms with Gasteiger partial charge in [0.2, 0.25) is 11.8 Å². The van der Waals surface area contributed by atoms with Gasteiger partial charge in [0.1, 0.15) is 13.2 Å². The van der Waals surface area contributed by atoms with E-state index in [9.17, 15) is 14.4 Å². The van der Waals surface area contributed by atoms with E-state index in [-0.39, 0.29) is 30.5 Å². The zero-order valence-electron chi connectivity index (χ0n) is 18.2. The Labute approximate surface area is 179 Å². The monoisotopic (exact) mass is 412 g/mol. The van der Waals surface area contributed by atoms with Crippen LogP contribution in [-0.4, -0.2) is 29.9 Å². The van der Waals surface area contributed by atoms with Crippen molar-refractivity contribution in [2.45, 2.75) is 52.7 Å². The van der Waals surface area contributed by atoms with Crippen LogP contribution in [0.15, 0.2) is 60.7 Å². The summed E-state index contributed by atoms with van der Waals surface area (Å²) in [7, 11) is 0. The number of rotatable bonds is 7. The van der Waals surface area contributed by atoms with Crippen molar-refractivity contribution in [3.63, 3.8) is 0 Å². The van der Waals surface area contributed by atoms with Crippen LogP contribution in [0.1, 0.15) is 45.2 Å². The summed E-state index contributed by atoms with van der Waals surface area (Å²) in [6.45, 7) is 7.50. The normalized spacial score (nSPS) is 10.3. The van der Waals surface area contributed by atoms with Crippen molar-refractivity contribution in [3.8, 4) is 0 Å². The highest BCUT2D eigenvalue weighted by Gasteiger charge is 2.09. The van der Waals surface area contributed by atoms with Gasteiger partial charge >= 0.3 is 5.97 Å². The molecule has 0 fully saturated rings. The summed E-state index contributed by atoms with van der Waals surface area (Å²) in [5.74, 6) is -0.560. The highest BCUT2D eigenvalue weighted by atomic mass is 16.5. The number of hydrogen-bond donors (Lipinski definition) is 2. The molecular formula is C24H32N2O4. The molecule has 0 atom stereocenters. The number of amides is 2. The van der Waals surface area contributed by atoms with Crippen LogP contribution in [0.4, 0.5) is 0 Å². The van der Waals surface area contributed by atoms with Crippen LogP contribution in [0.2, 0.25) is 0 Å². The van der Waals surface area contributed by atoms with Gasteiger partial charge in [0.05, 0.1) is 0 Å². The molecule has 6 heteroatoms. The summed E-state index contributed by atoms with van der Waals surface area (Å²) in [4.78, 5) is 33.6. The highest BCUT2D eigenvalue weighted by Crippen LogP contribution is 2.02. The zero-order chi connectivity index (χ0) is 22.4. The zero-order valence-corrected chi connectivity index (χ0v) is 18.2. The van der Waals surface area contributed by atoms with E-state index >= 15 is 0 Å². The summed E-state index contributed by atoms with van der Waals surface area (Å²) in [6, 6.07) is 19.2. The van der Waals surface area contributed by atoms with Crippen molar-refractivity contribution in [3.05, 3.63) is 71.8 Å². The lowest BCUT2D eigenvalue weighted by molar-refractivity contribution is -0.145. The molecule has 0 aliphatic rings. The molecule has 0 aromatic heterocycles. The largest absolute Gasteiger partial charge is 0.460 e. The Morgan fingerprint density at radius 2 is 1.40 bits per heavy atom. The lowest BCUT2D eigenvalue weighted by atomic mass is 10.1. The van der Waals surface area contributed by atoms with Gasteiger partial charge in [-0.15, -0.1) is 0 Å². The first-order valence-corrected chi connectivity index (χ1v) is 9.94. The van der Waals surface area contributed by atoms with Gasteiger partial charge in [0.15, 0.2) is 0 Å². The average molecular weight is 413 g/mol. The van der Waals surface area contributed by atoms with Crippen molar-refractivity contribution < 1.29 is 19.1 Å². The van der Waals surface area contributed by atoms with Crippen molar-refractivity contribution in [2.75, 3.05) is 6.54 Å². The molecule has 0 aliphatic carbocycles. The quantitative estimate of drug-likeness (QED) is 0.683. The number of carbonyl (C=O) groups is 3. The van der Waals surface area contributed by atoms with Crippen LogP contribution in [0.3, 0.4) is 0 Å². The number of esters is 1. The molecule has 0 saturated carbocycles. The van der Waals surface area contributed by atoms with Crippen molar-refractivity contribution in [2.24, 2.45) is 0 Å². The first-order chi connectivity index (χ1) is 14.2. The van der Waals surface area contributed by atoms with Crippen LogP contribution in [0, 0.1) is 0 Å². The number of benzene rings is 2. The minimum absolute atomic E-state index is 0.0255.